The lowest BCUT2D eigenvalue weighted by atomic mass is 9.85. The van der Waals surface area contributed by atoms with E-state index in [0.717, 1.165) is 28.7 Å². The molecule has 3 rings (SSSR count). The minimum absolute atomic E-state index is 0.332. The van der Waals surface area contributed by atoms with Gasteiger partial charge in [0, 0.05) is 11.6 Å². The summed E-state index contributed by atoms with van der Waals surface area (Å²) in [7, 11) is 1.65. The normalized spacial score (nSPS) is 21.3. The number of carbonyl (C=O) groups is 1. The Bertz CT molecular complexity index is 759. The number of benzene rings is 1. The van der Waals surface area contributed by atoms with Crippen molar-refractivity contribution >= 4 is 17.7 Å². The Labute approximate surface area is 158 Å². The van der Waals surface area contributed by atoms with Gasteiger partial charge in [-0.25, -0.2) is 0 Å². The van der Waals surface area contributed by atoms with Gasteiger partial charge >= 0.3 is 0 Å². The molecule has 0 spiro atoms. The minimum atomic E-state index is -0.347. The summed E-state index contributed by atoms with van der Waals surface area (Å²) in [6.45, 7) is 4.09. The summed E-state index contributed by atoms with van der Waals surface area (Å²) in [5.74, 6) is 1.85. The number of rotatable bonds is 6. The molecule has 7 heteroatoms. The second-order valence-electron chi connectivity index (χ2n) is 6.90. The van der Waals surface area contributed by atoms with Crippen LogP contribution in [0.1, 0.15) is 45.6 Å². The second kappa shape index (κ2) is 8.12. The third-order valence-corrected chi connectivity index (χ3v) is 6.17. The zero-order valence-corrected chi connectivity index (χ0v) is 16.3. The van der Waals surface area contributed by atoms with Gasteiger partial charge in [-0.2, -0.15) is 0 Å². The third-order valence-electron chi connectivity index (χ3n) is 5.09. The van der Waals surface area contributed by atoms with Crippen LogP contribution in [-0.4, -0.2) is 33.0 Å². The van der Waals surface area contributed by atoms with Gasteiger partial charge in [0.15, 0.2) is 11.0 Å². The van der Waals surface area contributed by atoms with Gasteiger partial charge in [-0.05, 0) is 49.9 Å². The molecule has 26 heavy (non-hydrogen) atoms. The molecule has 0 saturated heterocycles. The monoisotopic (exact) mass is 374 g/mol. The topological polar surface area (TPSA) is 83.0 Å². The Balaban J connectivity index is 2.02. The molecule has 0 aliphatic heterocycles. The van der Waals surface area contributed by atoms with E-state index in [-0.39, 0.29) is 11.2 Å². The molecule has 0 radical (unpaired) electrons. The van der Waals surface area contributed by atoms with E-state index < -0.39 is 0 Å². The molecular weight excluding hydrogens is 348 g/mol. The SMILES string of the molecule is COc1ccc(-c2nnc(S[C@@H](C)C(N)=O)n2[C@H]2CCCC[C@@H]2C)cc1. The lowest BCUT2D eigenvalue weighted by molar-refractivity contribution is -0.117. The van der Waals surface area contributed by atoms with Crippen LogP contribution in [0.15, 0.2) is 29.4 Å². The summed E-state index contributed by atoms with van der Waals surface area (Å²) in [4.78, 5) is 11.5. The van der Waals surface area contributed by atoms with Crippen LogP contribution in [0.5, 0.6) is 5.75 Å². The number of hydrogen-bond acceptors (Lipinski definition) is 5. The van der Waals surface area contributed by atoms with E-state index in [2.05, 4.69) is 21.7 Å². The van der Waals surface area contributed by atoms with Crippen LogP contribution in [0.4, 0.5) is 0 Å². The van der Waals surface area contributed by atoms with Crippen molar-refractivity contribution < 1.29 is 9.53 Å². The number of primary amides is 1. The number of ether oxygens (including phenoxy) is 1. The van der Waals surface area contributed by atoms with E-state index >= 15 is 0 Å². The smallest absolute Gasteiger partial charge is 0.230 e. The van der Waals surface area contributed by atoms with E-state index in [4.69, 9.17) is 10.5 Å². The average Bonchev–Trinajstić information content (AvgIpc) is 3.05. The van der Waals surface area contributed by atoms with Crippen LogP contribution in [0.25, 0.3) is 11.4 Å². The lowest BCUT2D eigenvalue weighted by Gasteiger charge is -2.31. The van der Waals surface area contributed by atoms with Crippen molar-refractivity contribution in [2.75, 3.05) is 7.11 Å². The summed E-state index contributed by atoms with van der Waals surface area (Å²) in [5.41, 5.74) is 6.45. The molecule has 3 atom stereocenters. The van der Waals surface area contributed by atoms with Crippen molar-refractivity contribution in [1.82, 2.24) is 14.8 Å². The molecule has 6 nitrogen and oxygen atoms in total. The van der Waals surface area contributed by atoms with E-state index in [1.807, 2.05) is 31.2 Å². The second-order valence-corrected chi connectivity index (χ2v) is 8.20. The maximum atomic E-state index is 11.5. The van der Waals surface area contributed by atoms with Crippen LogP contribution in [-0.2, 0) is 4.79 Å². The van der Waals surface area contributed by atoms with Crippen molar-refractivity contribution in [2.45, 2.75) is 56.0 Å². The molecule has 1 aromatic heterocycles. The van der Waals surface area contributed by atoms with Crippen molar-refractivity contribution in [3.8, 4) is 17.1 Å². The Morgan fingerprint density at radius 1 is 1.27 bits per heavy atom. The standard InChI is InChI=1S/C19H26N4O2S/c1-12-6-4-5-7-16(12)23-18(14-8-10-15(25-3)11-9-14)21-22-19(23)26-13(2)17(20)24/h8-13,16H,4-7H2,1-3H3,(H2,20,24)/t12-,13-,16-/m0/s1. The summed E-state index contributed by atoms with van der Waals surface area (Å²) < 4.78 is 7.47. The largest absolute Gasteiger partial charge is 0.497 e. The van der Waals surface area contributed by atoms with Crippen LogP contribution < -0.4 is 10.5 Å². The van der Waals surface area contributed by atoms with Gasteiger partial charge in [0.25, 0.3) is 0 Å². The van der Waals surface area contributed by atoms with Gasteiger partial charge in [0.1, 0.15) is 5.75 Å². The number of aromatic nitrogens is 3. The quantitative estimate of drug-likeness (QED) is 0.780. The maximum absolute atomic E-state index is 11.5. The van der Waals surface area contributed by atoms with Gasteiger partial charge < -0.3 is 10.5 Å². The first-order chi connectivity index (χ1) is 12.5. The highest BCUT2D eigenvalue weighted by Crippen LogP contribution is 2.39. The zero-order valence-electron chi connectivity index (χ0n) is 15.5. The molecular formula is C19H26N4O2S. The number of hydrogen-bond donors (Lipinski definition) is 1. The molecule has 0 unspecified atom stereocenters. The van der Waals surface area contributed by atoms with Gasteiger partial charge in [0.2, 0.25) is 5.91 Å². The molecule has 1 fully saturated rings. The highest BCUT2D eigenvalue weighted by molar-refractivity contribution is 8.00. The number of nitrogens with two attached hydrogens (primary N) is 1. The number of methoxy groups -OCH3 is 1. The lowest BCUT2D eigenvalue weighted by Crippen LogP contribution is -2.25. The van der Waals surface area contributed by atoms with Crippen LogP contribution >= 0.6 is 11.8 Å². The van der Waals surface area contributed by atoms with Crippen molar-refractivity contribution in [2.24, 2.45) is 11.7 Å². The molecule has 1 amide bonds. The number of carbonyl (C=O) groups excluding carboxylic acids is 1. The molecule has 2 aromatic rings. The fraction of sp³-hybridized carbons (Fsp3) is 0.526. The Hall–Kier alpha value is -2.02. The Morgan fingerprint density at radius 3 is 2.58 bits per heavy atom. The van der Waals surface area contributed by atoms with Gasteiger partial charge in [-0.1, -0.05) is 31.5 Å². The first kappa shape index (κ1) is 18.8. The number of nitrogens with zero attached hydrogens (tertiary/aromatic N) is 3. The summed E-state index contributed by atoms with van der Waals surface area (Å²) in [6.07, 6.45) is 4.75. The van der Waals surface area contributed by atoms with Crippen molar-refractivity contribution in [3.63, 3.8) is 0 Å². The highest BCUT2D eigenvalue weighted by atomic mass is 32.2. The molecule has 1 aliphatic carbocycles. The third kappa shape index (κ3) is 3.87. The molecule has 1 aliphatic rings. The maximum Gasteiger partial charge on any atom is 0.230 e. The minimum Gasteiger partial charge on any atom is -0.497 e. The molecule has 2 N–H and O–H groups in total. The molecule has 1 saturated carbocycles. The van der Waals surface area contributed by atoms with Crippen LogP contribution in [0.2, 0.25) is 0 Å². The summed E-state index contributed by atoms with van der Waals surface area (Å²) in [6, 6.07) is 8.19. The molecule has 0 bridgehead atoms. The van der Waals surface area contributed by atoms with Crippen LogP contribution in [0, 0.1) is 5.92 Å². The van der Waals surface area contributed by atoms with Crippen molar-refractivity contribution in [3.05, 3.63) is 24.3 Å². The fourth-order valence-electron chi connectivity index (χ4n) is 3.49. The molecule has 1 heterocycles. The fourth-order valence-corrected chi connectivity index (χ4v) is 4.35. The molecule has 1 aromatic carbocycles. The Kier molecular flexibility index (Phi) is 5.86. The van der Waals surface area contributed by atoms with E-state index in [1.165, 1.54) is 31.0 Å². The van der Waals surface area contributed by atoms with E-state index in [0.29, 0.717) is 12.0 Å². The first-order valence-electron chi connectivity index (χ1n) is 9.06. The van der Waals surface area contributed by atoms with Gasteiger partial charge in [0.05, 0.1) is 12.4 Å². The average molecular weight is 375 g/mol. The van der Waals surface area contributed by atoms with E-state index in [9.17, 15) is 4.79 Å². The predicted molar refractivity (Wildman–Crippen MR) is 103 cm³/mol. The predicted octanol–water partition coefficient (Wildman–Crippen LogP) is 3.67. The van der Waals surface area contributed by atoms with E-state index in [1.54, 1.807) is 7.11 Å². The van der Waals surface area contributed by atoms with Crippen LogP contribution in [0.3, 0.4) is 0 Å². The van der Waals surface area contributed by atoms with Gasteiger partial charge in [-0.3, -0.25) is 9.36 Å². The molecule has 140 valence electrons. The van der Waals surface area contributed by atoms with Crippen molar-refractivity contribution in [1.29, 1.82) is 0 Å². The highest BCUT2D eigenvalue weighted by Gasteiger charge is 2.29. The summed E-state index contributed by atoms with van der Waals surface area (Å²) >= 11 is 1.39. The number of amides is 1. The summed E-state index contributed by atoms with van der Waals surface area (Å²) in [5, 5.41) is 9.29. The number of thioether (sulfide) groups is 1. The Morgan fingerprint density at radius 2 is 1.96 bits per heavy atom. The zero-order chi connectivity index (χ0) is 18.7. The first-order valence-corrected chi connectivity index (χ1v) is 9.94. The van der Waals surface area contributed by atoms with Gasteiger partial charge in [-0.15, -0.1) is 10.2 Å².